The Morgan fingerprint density at radius 1 is 1.32 bits per heavy atom. The summed E-state index contributed by atoms with van der Waals surface area (Å²) in [5.41, 5.74) is 0.694. The summed E-state index contributed by atoms with van der Waals surface area (Å²) < 4.78 is 15.2. The van der Waals surface area contributed by atoms with Crippen molar-refractivity contribution in [1.29, 1.82) is 0 Å². The molecule has 0 amide bonds. The number of aryl methyl sites for hydroxylation is 2. The molecule has 100 valence electrons. The van der Waals surface area contributed by atoms with Gasteiger partial charge in [-0.3, -0.25) is 0 Å². The minimum Gasteiger partial charge on any atom is -0.307 e. The van der Waals surface area contributed by atoms with E-state index in [1.165, 1.54) is 18.9 Å². The largest absolute Gasteiger partial charge is 0.307 e. The SMILES string of the molecule is Fc1ccccc1CCn1nnnc1CNC1CC1. The summed E-state index contributed by atoms with van der Waals surface area (Å²) in [4.78, 5) is 0. The molecule has 0 unspecified atom stereocenters. The Hall–Kier alpha value is -1.82. The Morgan fingerprint density at radius 3 is 2.95 bits per heavy atom. The van der Waals surface area contributed by atoms with E-state index in [1.54, 1.807) is 16.8 Å². The first-order valence-electron chi connectivity index (χ1n) is 6.55. The Kier molecular flexibility index (Phi) is 3.50. The smallest absolute Gasteiger partial charge is 0.165 e. The van der Waals surface area contributed by atoms with Gasteiger partial charge in [-0.1, -0.05) is 18.2 Å². The number of hydrogen-bond acceptors (Lipinski definition) is 4. The highest BCUT2D eigenvalue weighted by Crippen LogP contribution is 2.18. The summed E-state index contributed by atoms with van der Waals surface area (Å²) in [6, 6.07) is 7.43. The fourth-order valence-electron chi connectivity index (χ4n) is 1.97. The molecule has 1 aliphatic carbocycles. The van der Waals surface area contributed by atoms with Crippen LogP contribution in [0.1, 0.15) is 24.2 Å². The van der Waals surface area contributed by atoms with Crippen molar-refractivity contribution in [3.8, 4) is 0 Å². The zero-order valence-corrected chi connectivity index (χ0v) is 10.6. The van der Waals surface area contributed by atoms with Crippen molar-refractivity contribution in [3.63, 3.8) is 0 Å². The highest BCUT2D eigenvalue weighted by Gasteiger charge is 2.21. The Bertz CT molecular complexity index is 549. The van der Waals surface area contributed by atoms with E-state index in [2.05, 4.69) is 20.8 Å². The number of hydrogen-bond donors (Lipinski definition) is 1. The molecule has 0 atom stereocenters. The maximum Gasteiger partial charge on any atom is 0.165 e. The zero-order chi connectivity index (χ0) is 13.1. The third-order valence-corrected chi connectivity index (χ3v) is 3.28. The van der Waals surface area contributed by atoms with E-state index in [4.69, 9.17) is 0 Å². The molecule has 2 aromatic rings. The summed E-state index contributed by atoms with van der Waals surface area (Å²) in [7, 11) is 0. The van der Waals surface area contributed by atoms with E-state index >= 15 is 0 Å². The van der Waals surface area contributed by atoms with Gasteiger partial charge in [0.1, 0.15) is 5.82 Å². The van der Waals surface area contributed by atoms with Gasteiger partial charge in [-0.2, -0.15) is 0 Å². The lowest BCUT2D eigenvalue weighted by molar-refractivity contribution is 0.528. The lowest BCUT2D eigenvalue weighted by Crippen LogP contribution is -2.20. The van der Waals surface area contributed by atoms with Gasteiger partial charge in [0.2, 0.25) is 0 Å². The van der Waals surface area contributed by atoms with E-state index in [1.807, 2.05) is 6.07 Å². The van der Waals surface area contributed by atoms with E-state index in [0.29, 0.717) is 31.1 Å². The lowest BCUT2D eigenvalue weighted by atomic mass is 10.1. The molecule has 1 saturated carbocycles. The molecule has 1 N–H and O–H groups in total. The molecule has 6 heteroatoms. The average molecular weight is 261 g/mol. The summed E-state index contributed by atoms with van der Waals surface area (Å²) >= 11 is 0. The quantitative estimate of drug-likeness (QED) is 0.851. The second kappa shape index (κ2) is 5.44. The summed E-state index contributed by atoms with van der Waals surface area (Å²) in [6.07, 6.45) is 3.06. The van der Waals surface area contributed by atoms with Crippen LogP contribution in [0, 0.1) is 5.82 Å². The van der Waals surface area contributed by atoms with E-state index in [0.717, 1.165) is 5.82 Å². The van der Waals surface area contributed by atoms with Crippen LogP contribution in [0.3, 0.4) is 0 Å². The Balaban J connectivity index is 1.60. The molecule has 3 rings (SSSR count). The third kappa shape index (κ3) is 3.14. The van der Waals surface area contributed by atoms with Crippen molar-refractivity contribution in [2.24, 2.45) is 0 Å². The van der Waals surface area contributed by atoms with Crippen molar-refractivity contribution < 1.29 is 4.39 Å². The van der Waals surface area contributed by atoms with Gasteiger partial charge in [0.05, 0.1) is 6.54 Å². The minimum atomic E-state index is -0.173. The molecule has 0 radical (unpaired) electrons. The molecule has 0 bridgehead atoms. The van der Waals surface area contributed by atoms with Gasteiger partial charge in [-0.25, -0.2) is 9.07 Å². The van der Waals surface area contributed by atoms with Gasteiger partial charge < -0.3 is 5.32 Å². The summed E-state index contributed by atoms with van der Waals surface area (Å²) in [6.45, 7) is 1.27. The normalized spacial score (nSPS) is 14.8. The van der Waals surface area contributed by atoms with E-state index < -0.39 is 0 Å². The number of nitrogens with zero attached hydrogens (tertiary/aromatic N) is 4. The first-order valence-corrected chi connectivity index (χ1v) is 6.55. The van der Waals surface area contributed by atoms with E-state index in [9.17, 15) is 4.39 Å². The van der Waals surface area contributed by atoms with Gasteiger partial charge in [0.25, 0.3) is 0 Å². The van der Waals surface area contributed by atoms with Gasteiger partial charge in [0, 0.05) is 12.6 Å². The fourth-order valence-corrected chi connectivity index (χ4v) is 1.97. The van der Waals surface area contributed by atoms with Crippen molar-refractivity contribution in [3.05, 3.63) is 41.5 Å². The summed E-state index contributed by atoms with van der Waals surface area (Å²) in [5, 5.41) is 15.0. The monoisotopic (exact) mass is 261 g/mol. The number of rotatable bonds is 6. The third-order valence-electron chi connectivity index (χ3n) is 3.28. The number of aromatic nitrogens is 4. The predicted molar refractivity (Wildman–Crippen MR) is 67.8 cm³/mol. The lowest BCUT2D eigenvalue weighted by Gasteiger charge is -2.06. The van der Waals surface area contributed by atoms with Gasteiger partial charge in [-0.15, -0.1) is 5.10 Å². The van der Waals surface area contributed by atoms with Crippen LogP contribution >= 0.6 is 0 Å². The van der Waals surface area contributed by atoms with Crippen LogP contribution in [0.25, 0.3) is 0 Å². The Labute approximate surface area is 110 Å². The van der Waals surface area contributed by atoms with Crippen LogP contribution in [0.4, 0.5) is 4.39 Å². The van der Waals surface area contributed by atoms with Crippen LogP contribution < -0.4 is 5.32 Å². The van der Waals surface area contributed by atoms with Gasteiger partial charge >= 0.3 is 0 Å². The molecular formula is C13H16FN5. The molecule has 0 spiro atoms. The van der Waals surface area contributed by atoms with Crippen molar-refractivity contribution in [2.45, 2.75) is 38.4 Å². The molecular weight excluding hydrogens is 245 g/mol. The molecule has 0 saturated heterocycles. The molecule has 19 heavy (non-hydrogen) atoms. The molecule has 1 aromatic heterocycles. The topological polar surface area (TPSA) is 55.6 Å². The van der Waals surface area contributed by atoms with Crippen molar-refractivity contribution in [2.75, 3.05) is 0 Å². The highest BCUT2D eigenvalue weighted by atomic mass is 19.1. The first kappa shape index (κ1) is 12.2. The minimum absolute atomic E-state index is 0.173. The van der Waals surface area contributed by atoms with E-state index in [-0.39, 0.29) is 5.82 Å². The van der Waals surface area contributed by atoms with Crippen molar-refractivity contribution >= 4 is 0 Å². The predicted octanol–water partition coefficient (Wildman–Crippen LogP) is 1.31. The molecule has 1 aromatic carbocycles. The number of nitrogens with one attached hydrogen (secondary N) is 1. The maximum absolute atomic E-state index is 13.5. The summed E-state index contributed by atoms with van der Waals surface area (Å²) in [5.74, 6) is 0.636. The maximum atomic E-state index is 13.5. The highest BCUT2D eigenvalue weighted by molar-refractivity contribution is 5.17. The van der Waals surface area contributed by atoms with Crippen LogP contribution in [-0.2, 0) is 19.5 Å². The van der Waals surface area contributed by atoms with Gasteiger partial charge in [0.15, 0.2) is 5.82 Å². The standard InChI is InChI=1S/C13H16FN5/c14-12-4-2-1-3-10(12)7-8-19-13(16-17-18-19)9-15-11-5-6-11/h1-4,11,15H,5-9H2. The molecule has 1 aliphatic rings. The second-order valence-electron chi connectivity index (χ2n) is 4.81. The number of halogens is 1. The molecule has 5 nitrogen and oxygen atoms in total. The number of tetrazole rings is 1. The fraction of sp³-hybridized carbons (Fsp3) is 0.462. The Morgan fingerprint density at radius 2 is 2.16 bits per heavy atom. The number of benzene rings is 1. The van der Waals surface area contributed by atoms with Crippen LogP contribution in [0.15, 0.2) is 24.3 Å². The zero-order valence-electron chi connectivity index (χ0n) is 10.6. The van der Waals surface area contributed by atoms with Crippen molar-refractivity contribution in [1.82, 2.24) is 25.5 Å². The van der Waals surface area contributed by atoms with Crippen LogP contribution in [0.5, 0.6) is 0 Å². The molecule has 1 fully saturated rings. The van der Waals surface area contributed by atoms with Gasteiger partial charge in [-0.05, 0) is 41.3 Å². The average Bonchev–Trinajstić information content (AvgIpc) is 3.14. The van der Waals surface area contributed by atoms with Crippen LogP contribution in [-0.4, -0.2) is 26.2 Å². The first-order chi connectivity index (χ1) is 9.33. The molecule has 0 aliphatic heterocycles. The second-order valence-corrected chi connectivity index (χ2v) is 4.81. The van der Waals surface area contributed by atoms with Crippen LogP contribution in [0.2, 0.25) is 0 Å². The molecule has 1 heterocycles.